The lowest BCUT2D eigenvalue weighted by molar-refractivity contribution is 0.777. The van der Waals surface area contributed by atoms with Crippen molar-refractivity contribution in [2.45, 2.75) is 26.2 Å². The molecule has 1 N–H and O–H groups in total. The molecule has 0 aliphatic rings. The van der Waals surface area contributed by atoms with Crippen molar-refractivity contribution in [2.24, 2.45) is 0 Å². The van der Waals surface area contributed by atoms with E-state index >= 15 is 0 Å². The lowest BCUT2D eigenvalue weighted by Crippen LogP contribution is -1.88. The van der Waals surface area contributed by atoms with Crippen LogP contribution in [0.2, 0.25) is 0 Å². The molecule has 0 bridgehead atoms. The number of pyridine rings is 1. The minimum Gasteiger partial charge on any atom is -0.261 e. The van der Waals surface area contributed by atoms with Gasteiger partial charge in [0.25, 0.3) is 0 Å². The van der Waals surface area contributed by atoms with Gasteiger partial charge in [0.05, 0.1) is 0 Å². The Kier molecular flexibility index (Phi) is 8.63. The van der Waals surface area contributed by atoms with Crippen LogP contribution in [0.25, 0.3) is 0 Å². The first-order valence-corrected chi connectivity index (χ1v) is 4.78. The molecule has 0 fully saturated rings. The lowest BCUT2D eigenvalue weighted by Gasteiger charge is -1.95. The molecule has 0 atom stereocenters. The molecular weight excluding hydrogens is 188 g/mol. The molecule has 15 heavy (non-hydrogen) atoms. The van der Waals surface area contributed by atoms with Gasteiger partial charge in [0, 0.05) is 11.9 Å². The summed E-state index contributed by atoms with van der Waals surface area (Å²) in [5.41, 5.74) is 1.21. The van der Waals surface area contributed by atoms with E-state index in [1.54, 1.807) is 5.32 Å². The van der Waals surface area contributed by atoms with E-state index < -0.39 is 0 Å². The molecule has 4 nitrogen and oxygen atoms in total. The van der Waals surface area contributed by atoms with Gasteiger partial charge in [-0.2, -0.15) is 10.5 Å². The van der Waals surface area contributed by atoms with Crippen LogP contribution in [0.15, 0.2) is 24.4 Å². The maximum absolute atomic E-state index is 7.48. The second kappa shape index (κ2) is 10.0. The number of nitrogens with one attached hydrogen (secondary N) is 1. The molecule has 0 saturated heterocycles. The number of hydrogen-bond acceptors (Lipinski definition) is 4. The topological polar surface area (TPSA) is 72.5 Å². The van der Waals surface area contributed by atoms with Gasteiger partial charge in [0.1, 0.15) is 0 Å². The van der Waals surface area contributed by atoms with E-state index in [0.717, 1.165) is 6.42 Å². The number of unbranched alkanes of at least 4 members (excludes halogenated alkanes) is 1. The SMILES string of the molecule is CCCCc1ccccn1.N#CNC#N. The average molecular weight is 202 g/mol. The maximum Gasteiger partial charge on any atom is 0.190 e. The Balaban J connectivity index is 0.000000336. The Morgan fingerprint density at radius 1 is 1.33 bits per heavy atom. The molecule has 4 heteroatoms. The fraction of sp³-hybridized carbons (Fsp3) is 0.364. The van der Waals surface area contributed by atoms with Crippen LogP contribution in [0, 0.1) is 22.9 Å². The van der Waals surface area contributed by atoms with Crippen molar-refractivity contribution in [3.8, 4) is 12.4 Å². The first-order chi connectivity index (χ1) is 7.35. The fourth-order valence-corrected chi connectivity index (χ4v) is 0.929. The normalized spacial score (nSPS) is 7.67. The Labute approximate surface area is 90.2 Å². The Morgan fingerprint density at radius 2 is 2.07 bits per heavy atom. The summed E-state index contributed by atoms with van der Waals surface area (Å²) in [4.78, 5) is 4.22. The number of nitriles is 2. The molecule has 0 aliphatic heterocycles. The first kappa shape index (κ1) is 12.9. The van der Waals surface area contributed by atoms with Gasteiger partial charge >= 0.3 is 0 Å². The summed E-state index contributed by atoms with van der Waals surface area (Å²) < 4.78 is 0. The highest BCUT2D eigenvalue weighted by atomic mass is 14.8. The summed E-state index contributed by atoms with van der Waals surface area (Å²) in [6, 6.07) is 6.07. The molecule has 1 rings (SSSR count). The van der Waals surface area contributed by atoms with E-state index in [4.69, 9.17) is 10.5 Å². The van der Waals surface area contributed by atoms with Gasteiger partial charge < -0.3 is 0 Å². The first-order valence-electron chi connectivity index (χ1n) is 4.78. The Hall–Kier alpha value is -2.07. The van der Waals surface area contributed by atoms with Crippen LogP contribution in [0.3, 0.4) is 0 Å². The van der Waals surface area contributed by atoms with Crippen molar-refractivity contribution in [2.75, 3.05) is 0 Å². The van der Waals surface area contributed by atoms with Crippen LogP contribution in [-0.4, -0.2) is 4.98 Å². The Morgan fingerprint density at radius 3 is 2.47 bits per heavy atom. The molecule has 0 radical (unpaired) electrons. The second-order valence-corrected chi connectivity index (χ2v) is 2.77. The van der Waals surface area contributed by atoms with Gasteiger partial charge in [-0.3, -0.25) is 4.98 Å². The quantitative estimate of drug-likeness (QED) is 0.600. The van der Waals surface area contributed by atoms with E-state index in [2.05, 4.69) is 18.0 Å². The van der Waals surface area contributed by atoms with Crippen LogP contribution >= 0.6 is 0 Å². The van der Waals surface area contributed by atoms with Crippen LogP contribution in [0.5, 0.6) is 0 Å². The molecular formula is C11H14N4. The highest BCUT2D eigenvalue weighted by Crippen LogP contribution is 1.99. The van der Waals surface area contributed by atoms with Gasteiger partial charge in [0.15, 0.2) is 12.4 Å². The van der Waals surface area contributed by atoms with Crippen molar-refractivity contribution in [3.05, 3.63) is 30.1 Å². The monoisotopic (exact) mass is 202 g/mol. The fourth-order valence-electron chi connectivity index (χ4n) is 0.929. The van der Waals surface area contributed by atoms with Crippen LogP contribution < -0.4 is 5.32 Å². The van der Waals surface area contributed by atoms with Crippen molar-refractivity contribution < 1.29 is 0 Å². The minimum absolute atomic E-state index is 1.12. The smallest absolute Gasteiger partial charge is 0.190 e. The number of nitrogens with zero attached hydrogens (tertiary/aromatic N) is 3. The van der Waals surface area contributed by atoms with E-state index in [1.807, 2.05) is 18.3 Å². The van der Waals surface area contributed by atoms with Crippen molar-refractivity contribution in [1.29, 1.82) is 10.5 Å². The van der Waals surface area contributed by atoms with E-state index in [9.17, 15) is 0 Å². The van der Waals surface area contributed by atoms with Crippen molar-refractivity contribution in [3.63, 3.8) is 0 Å². The predicted octanol–water partition coefficient (Wildman–Crippen LogP) is 1.96. The predicted molar refractivity (Wildman–Crippen MR) is 57.2 cm³/mol. The second-order valence-electron chi connectivity index (χ2n) is 2.77. The third kappa shape index (κ3) is 8.27. The summed E-state index contributed by atoms with van der Waals surface area (Å²) in [7, 11) is 0. The zero-order chi connectivity index (χ0) is 11.4. The van der Waals surface area contributed by atoms with Crippen molar-refractivity contribution in [1.82, 2.24) is 10.3 Å². The van der Waals surface area contributed by atoms with Gasteiger partial charge in [-0.25, -0.2) is 5.32 Å². The molecule has 0 amide bonds. The maximum atomic E-state index is 7.48. The third-order valence-electron chi connectivity index (χ3n) is 1.62. The van der Waals surface area contributed by atoms with Crippen molar-refractivity contribution >= 4 is 0 Å². The van der Waals surface area contributed by atoms with E-state index in [0.29, 0.717) is 0 Å². The number of rotatable bonds is 3. The molecule has 0 saturated carbocycles. The largest absolute Gasteiger partial charge is 0.261 e. The summed E-state index contributed by atoms with van der Waals surface area (Å²) in [5.74, 6) is 0. The van der Waals surface area contributed by atoms with Crippen LogP contribution in [0.1, 0.15) is 25.5 Å². The molecule has 0 aliphatic carbocycles. The molecule has 0 aromatic carbocycles. The molecule has 1 heterocycles. The molecule has 78 valence electrons. The summed E-state index contributed by atoms with van der Waals surface area (Å²) >= 11 is 0. The number of hydrogen-bond donors (Lipinski definition) is 1. The molecule has 0 spiro atoms. The van der Waals surface area contributed by atoms with Gasteiger partial charge in [-0.05, 0) is 25.0 Å². The molecule has 0 unspecified atom stereocenters. The third-order valence-corrected chi connectivity index (χ3v) is 1.62. The van der Waals surface area contributed by atoms with E-state index in [1.165, 1.54) is 30.9 Å². The van der Waals surface area contributed by atoms with Gasteiger partial charge in [-0.15, -0.1) is 0 Å². The van der Waals surface area contributed by atoms with Crippen LogP contribution in [0.4, 0.5) is 0 Å². The van der Waals surface area contributed by atoms with Gasteiger partial charge in [-0.1, -0.05) is 19.4 Å². The summed E-state index contributed by atoms with van der Waals surface area (Å²) in [6.07, 6.45) is 8.28. The van der Waals surface area contributed by atoms with Crippen LogP contribution in [-0.2, 0) is 6.42 Å². The molecule has 1 aromatic rings. The lowest BCUT2D eigenvalue weighted by atomic mass is 10.2. The standard InChI is InChI=1S/C9H13N.C2HN3/c1-2-3-6-9-7-4-5-8-10-9;3-1-5-2-4/h4-5,7-8H,2-3,6H2,1H3;5H. The summed E-state index contributed by atoms with van der Waals surface area (Å²) in [5, 5.41) is 16.7. The minimum atomic E-state index is 1.12. The zero-order valence-electron chi connectivity index (χ0n) is 8.77. The zero-order valence-corrected chi connectivity index (χ0v) is 8.77. The Bertz CT molecular complexity index is 309. The number of aryl methyl sites for hydroxylation is 1. The number of aromatic nitrogens is 1. The van der Waals surface area contributed by atoms with E-state index in [-0.39, 0.29) is 0 Å². The summed E-state index contributed by atoms with van der Waals surface area (Å²) in [6.45, 7) is 2.20. The highest BCUT2D eigenvalue weighted by Gasteiger charge is 1.89. The van der Waals surface area contributed by atoms with Gasteiger partial charge in [0.2, 0.25) is 0 Å². The average Bonchev–Trinajstić information content (AvgIpc) is 2.30. The highest BCUT2D eigenvalue weighted by molar-refractivity contribution is 5.03. The molecule has 1 aromatic heterocycles.